The maximum atomic E-state index is 13.7. The Hall–Kier alpha value is -2.25. The number of aliphatic hydroxyl groups excluding tert-OH is 1. The highest BCUT2D eigenvalue weighted by molar-refractivity contribution is 5.85. The molecule has 1 aliphatic heterocycles. The molecule has 2 aliphatic rings. The zero-order valence-electron chi connectivity index (χ0n) is 18.4. The number of nitrogens with zero attached hydrogens (tertiary/aromatic N) is 3. The molecule has 1 aromatic carbocycles. The van der Waals surface area contributed by atoms with Crippen molar-refractivity contribution in [2.24, 2.45) is 0 Å². The van der Waals surface area contributed by atoms with Gasteiger partial charge in [0.15, 0.2) is 0 Å². The van der Waals surface area contributed by atoms with Gasteiger partial charge in [-0.3, -0.25) is 0 Å². The third kappa shape index (κ3) is 4.53. The minimum absolute atomic E-state index is 0.0365. The summed E-state index contributed by atoms with van der Waals surface area (Å²) < 4.78 is 35.2. The number of hydrogen-bond donors (Lipinski definition) is 1. The SMILES string of the molecule is CCOCCn1c(C2CCC(F)(F)CC2)nc2ccc(C3=CN(C)C(O)C(C)=C3)cc21. The molecule has 1 aliphatic carbocycles. The third-order valence-corrected chi connectivity index (χ3v) is 6.38. The maximum Gasteiger partial charge on any atom is 0.248 e. The van der Waals surface area contributed by atoms with E-state index in [4.69, 9.17) is 9.72 Å². The minimum atomic E-state index is -2.56. The molecule has 1 atom stereocenters. The standard InChI is InChI=1S/C24H31F2N3O2/c1-4-31-12-11-29-21-14-18(19-13-16(2)23(30)28(3)15-19)5-6-20(21)27-22(29)17-7-9-24(25,26)10-8-17/h5-6,13-15,17,23,30H,4,7-12H2,1-3H3. The van der Waals surface area contributed by atoms with Gasteiger partial charge >= 0.3 is 0 Å². The fourth-order valence-corrected chi connectivity index (χ4v) is 4.59. The van der Waals surface area contributed by atoms with Crippen LogP contribution in [0.15, 0.2) is 36.0 Å². The van der Waals surface area contributed by atoms with Gasteiger partial charge in [0, 0.05) is 45.2 Å². The smallest absolute Gasteiger partial charge is 0.248 e. The van der Waals surface area contributed by atoms with Crippen LogP contribution in [0.1, 0.15) is 56.8 Å². The van der Waals surface area contributed by atoms with Crippen LogP contribution in [0.3, 0.4) is 0 Å². The number of aliphatic hydroxyl groups is 1. The van der Waals surface area contributed by atoms with Crippen molar-refractivity contribution in [1.29, 1.82) is 0 Å². The molecule has 1 fully saturated rings. The maximum absolute atomic E-state index is 13.7. The summed E-state index contributed by atoms with van der Waals surface area (Å²) in [5.41, 5.74) is 4.80. The topological polar surface area (TPSA) is 50.5 Å². The summed E-state index contributed by atoms with van der Waals surface area (Å²) in [4.78, 5) is 6.65. The lowest BCUT2D eigenvalue weighted by atomic mass is 9.86. The van der Waals surface area contributed by atoms with Crippen LogP contribution >= 0.6 is 0 Å². The van der Waals surface area contributed by atoms with Crippen molar-refractivity contribution in [3.8, 4) is 0 Å². The lowest BCUT2D eigenvalue weighted by molar-refractivity contribution is -0.0390. The molecule has 1 unspecified atom stereocenters. The predicted molar refractivity (Wildman–Crippen MR) is 118 cm³/mol. The monoisotopic (exact) mass is 431 g/mol. The number of ether oxygens (including phenoxy) is 1. The van der Waals surface area contributed by atoms with Crippen LogP contribution in [0.4, 0.5) is 8.78 Å². The average Bonchev–Trinajstić information content (AvgIpc) is 3.09. The Morgan fingerprint density at radius 3 is 2.68 bits per heavy atom. The highest BCUT2D eigenvalue weighted by atomic mass is 19.3. The molecule has 5 nitrogen and oxygen atoms in total. The molecular formula is C24H31F2N3O2. The van der Waals surface area contributed by atoms with Gasteiger partial charge in [-0.05, 0) is 61.6 Å². The highest BCUT2D eigenvalue weighted by Crippen LogP contribution is 2.41. The van der Waals surface area contributed by atoms with Gasteiger partial charge in [0.1, 0.15) is 12.1 Å². The van der Waals surface area contributed by atoms with Crippen molar-refractivity contribution in [2.75, 3.05) is 20.3 Å². The summed E-state index contributed by atoms with van der Waals surface area (Å²) in [5, 5.41) is 10.2. The molecule has 31 heavy (non-hydrogen) atoms. The van der Waals surface area contributed by atoms with E-state index >= 15 is 0 Å². The molecule has 0 amide bonds. The van der Waals surface area contributed by atoms with E-state index in [2.05, 4.69) is 10.6 Å². The molecule has 2 aromatic rings. The number of allylic oxidation sites excluding steroid dienone is 2. The van der Waals surface area contributed by atoms with Gasteiger partial charge in [-0.25, -0.2) is 13.8 Å². The summed E-state index contributed by atoms with van der Waals surface area (Å²) in [6.07, 6.45) is 4.06. The molecule has 2 heterocycles. The van der Waals surface area contributed by atoms with Crippen LogP contribution in [-0.4, -0.2) is 52.0 Å². The summed E-state index contributed by atoms with van der Waals surface area (Å²) in [6, 6.07) is 6.14. The van der Waals surface area contributed by atoms with E-state index in [0.717, 1.165) is 33.6 Å². The molecule has 168 valence electrons. The second-order valence-corrected chi connectivity index (χ2v) is 8.66. The fraction of sp³-hybridized carbons (Fsp3) is 0.542. The summed E-state index contributed by atoms with van der Waals surface area (Å²) in [7, 11) is 1.85. The van der Waals surface area contributed by atoms with Crippen molar-refractivity contribution in [1.82, 2.24) is 14.5 Å². The Labute approximate surface area is 182 Å². The molecule has 1 N–H and O–H groups in total. The highest BCUT2D eigenvalue weighted by Gasteiger charge is 2.37. The number of aromatic nitrogens is 2. The Kier molecular flexibility index (Phi) is 6.17. The van der Waals surface area contributed by atoms with Crippen LogP contribution in [0, 0.1) is 0 Å². The molecule has 0 radical (unpaired) electrons. The lowest BCUT2D eigenvalue weighted by Crippen LogP contribution is -2.30. The Bertz CT molecular complexity index is 1000. The van der Waals surface area contributed by atoms with Gasteiger partial charge < -0.3 is 19.3 Å². The van der Waals surface area contributed by atoms with E-state index in [1.54, 1.807) is 4.90 Å². The van der Waals surface area contributed by atoms with Crippen LogP contribution in [-0.2, 0) is 11.3 Å². The predicted octanol–water partition coefficient (Wildman–Crippen LogP) is 4.92. The molecular weight excluding hydrogens is 400 g/mol. The molecule has 1 saturated carbocycles. The average molecular weight is 432 g/mol. The summed E-state index contributed by atoms with van der Waals surface area (Å²) in [5.74, 6) is -1.63. The van der Waals surface area contributed by atoms with Gasteiger partial charge in [0.05, 0.1) is 17.6 Å². The Morgan fingerprint density at radius 2 is 2.00 bits per heavy atom. The summed E-state index contributed by atoms with van der Waals surface area (Å²) >= 11 is 0. The number of hydrogen-bond acceptors (Lipinski definition) is 4. The van der Waals surface area contributed by atoms with Gasteiger partial charge in [0.2, 0.25) is 5.92 Å². The number of imidazole rings is 1. The van der Waals surface area contributed by atoms with Crippen molar-refractivity contribution in [3.63, 3.8) is 0 Å². The van der Waals surface area contributed by atoms with Crippen molar-refractivity contribution < 1.29 is 18.6 Å². The second kappa shape index (κ2) is 8.71. The number of fused-ring (bicyclic) bond motifs is 1. The molecule has 0 spiro atoms. The molecule has 4 rings (SSSR count). The zero-order chi connectivity index (χ0) is 22.2. The largest absolute Gasteiger partial charge is 0.380 e. The lowest BCUT2D eigenvalue weighted by Gasteiger charge is -2.28. The van der Waals surface area contributed by atoms with E-state index < -0.39 is 12.2 Å². The quantitative estimate of drug-likeness (QED) is 0.660. The molecule has 0 bridgehead atoms. The molecule has 1 aromatic heterocycles. The van der Waals surface area contributed by atoms with Crippen molar-refractivity contribution in [3.05, 3.63) is 47.4 Å². The number of likely N-dealkylation sites (N-methyl/N-ethyl adjacent to an activating group) is 1. The normalized spacial score (nSPS) is 22.0. The Morgan fingerprint density at radius 1 is 1.26 bits per heavy atom. The van der Waals surface area contributed by atoms with Gasteiger partial charge in [-0.2, -0.15) is 0 Å². The van der Waals surface area contributed by atoms with Crippen molar-refractivity contribution in [2.45, 2.75) is 64.1 Å². The molecule has 0 saturated heterocycles. The second-order valence-electron chi connectivity index (χ2n) is 8.66. The van der Waals surface area contributed by atoms with E-state index in [1.807, 2.05) is 45.3 Å². The van der Waals surface area contributed by atoms with Gasteiger partial charge in [-0.15, -0.1) is 0 Å². The van der Waals surface area contributed by atoms with Crippen LogP contribution in [0.2, 0.25) is 0 Å². The van der Waals surface area contributed by atoms with Crippen LogP contribution in [0.25, 0.3) is 16.6 Å². The number of benzene rings is 1. The minimum Gasteiger partial charge on any atom is -0.380 e. The first-order chi connectivity index (χ1) is 14.8. The summed E-state index contributed by atoms with van der Waals surface area (Å²) in [6.45, 7) is 5.70. The number of rotatable bonds is 6. The number of alkyl halides is 2. The van der Waals surface area contributed by atoms with E-state index in [-0.39, 0.29) is 18.8 Å². The van der Waals surface area contributed by atoms with Crippen LogP contribution < -0.4 is 0 Å². The first kappa shape index (κ1) is 22.0. The molecule has 7 heteroatoms. The Balaban J connectivity index is 1.72. The van der Waals surface area contributed by atoms with E-state index in [9.17, 15) is 13.9 Å². The zero-order valence-corrected chi connectivity index (χ0v) is 18.4. The van der Waals surface area contributed by atoms with E-state index in [0.29, 0.717) is 32.6 Å². The van der Waals surface area contributed by atoms with Gasteiger partial charge in [0.25, 0.3) is 0 Å². The fourth-order valence-electron chi connectivity index (χ4n) is 4.59. The first-order valence-electron chi connectivity index (χ1n) is 11.0. The van der Waals surface area contributed by atoms with Gasteiger partial charge in [-0.1, -0.05) is 6.07 Å². The first-order valence-corrected chi connectivity index (χ1v) is 11.0. The van der Waals surface area contributed by atoms with E-state index in [1.165, 1.54) is 0 Å². The van der Waals surface area contributed by atoms with Crippen LogP contribution in [0.5, 0.6) is 0 Å². The van der Waals surface area contributed by atoms with Crippen molar-refractivity contribution >= 4 is 16.6 Å². The number of halogens is 2. The third-order valence-electron chi connectivity index (χ3n) is 6.38.